The van der Waals surface area contributed by atoms with Gasteiger partial charge in [0.05, 0.1) is 12.1 Å². The number of pyridine rings is 1. The van der Waals surface area contributed by atoms with Gasteiger partial charge in [0.1, 0.15) is 5.56 Å². The number of hydrogen-bond donors (Lipinski definition) is 2. The molecule has 1 atom stereocenters. The Morgan fingerprint density at radius 2 is 1.96 bits per heavy atom. The van der Waals surface area contributed by atoms with Gasteiger partial charge in [-0.1, -0.05) is 30.3 Å². The molecule has 1 saturated heterocycles. The molecular formula is C20H25N3O3. The normalized spacial score (nSPS) is 20.4. The van der Waals surface area contributed by atoms with E-state index in [1.807, 2.05) is 49.3 Å². The third-order valence-electron chi connectivity index (χ3n) is 4.68. The smallest absolute Gasteiger partial charge is 0.261 e. The van der Waals surface area contributed by atoms with Crippen LogP contribution in [0.5, 0.6) is 0 Å². The van der Waals surface area contributed by atoms with Gasteiger partial charge in [0, 0.05) is 18.8 Å². The molecule has 2 aromatic rings. The third-order valence-corrected chi connectivity index (χ3v) is 4.68. The molecule has 1 aliphatic rings. The van der Waals surface area contributed by atoms with Crippen molar-refractivity contribution in [3.8, 4) is 11.3 Å². The Morgan fingerprint density at radius 3 is 2.62 bits per heavy atom. The van der Waals surface area contributed by atoms with E-state index < -0.39 is 11.2 Å². The average Bonchev–Trinajstić information content (AvgIpc) is 2.61. The van der Waals surface area contributed by atoms with Gasteiger partial charge in [0.15, 0.2) is 0 Å². The maximum Gasteiger partial charge on any atom is 0.261 e. The molecule has 26 heavy (non-hydrogen) atoms. The van der Waals surface area contributed by atoms with Crippen molar-refractivity contribution < 1.29 is 9.90 Å². The van der Waals surface area contributed by atoms with E-state index in [0.717, 1.165) is 12.0 Å². The lowest BCUT2D eigenvalue weighted by Gasteiger charge is -2.40. The number of nitrogens with zero attached hydrogens (tertiary/aromatic N) is 2. The number of carbonyl (C=O) groups is 1. The fraction of sp³-hybridized carbons (Fsp3) is 0.400. The van der Waals surface area contributed by atoms with E-state index in [4.69, 9.17) is 0 Å². The molecule has 1 aliphatic heterocycles. The van der Waals surface area contributed by atoms with Crippen LogP contribution >= 0.6 is 0 Å². The quantitative estimate of drug-likeness (QED) is 0.873. The van der Waals surface area contributed by atoms with Gasteiger partial charge in [-0.15, -0.1) is 0 Å². The molecule has 2 N–H and O–H groups in total. The van der Waals surface area contributed by atoms with Crippen LogP contribution < -0.4 is 5.56 Å². The van der Waals surface area contributed by atoms with Crippen molar-refractivity contribution in [2.75, 3.05) is 33.7 Å². The number of aromatic amines is 1. The zero-order valence-corrected chi connectivity index (χ0v) is 15.2. The number of piperidine rings is 1. The van der Waals surface area contributed by atoms with Crippen LogP contribution in [0.25, 0.3) is 11.3 Å². The van der Waals surface area contributed by atoms with Gasteiger partial charge in [-0.3, -0.25) is 9.59 Å². The highest BCUT2D eigenvalue weighted by Gasteiger charge is 2.36. The molecule has 6 nitrogen and oxygen atoms in total. The van der Waals surface area contributed by atoms with Crippen molar-refractivity contribution in [2.45, 2.75) is 18.4 Å². The standard InChI is InChI=1S/C20H25N3O3/c1-22(2)13-20(26)11-6-12-23(14-20)19(25)16-9-10-17(21-18(16)24)15-7-4-3-5-8-15/h3-5,7-10,26H,6,11-14H2,1-2H3,(H,21,24)/t20-/m0/s1. The maximum atomic E-state index is 12.8. The molecule has 6 heteroatoms. The summed E-state index contributed by atoms with van der Waals surface area (Å²) in [5, 5.41) is 10.7. The van der Waals surface area contributed by atoms with Gasteiger partial charge in [-0.2, -0.15) is 0 Å². The Morgan fingerprint density at radius 1 is 1.23 bits per heavy atom. The van der Waals surface area contributed by atoms with E-state index in [1.165, 1.54) is 0 Å². The summed E-state index contributed by atoms with van der Waals surface area (Å²) in [4.78, 5) is 31.6. The summed E-state index contributed by atoms with van der Waals surface area (Å²) in [6.45, 7) is 1.28. The molecule has 0 radical (unpaired) electrons. The Labute approximate surface area is 153 Å². The number of rotatable bonds is 4. The fourth-order valence-corrected chi connectivity index (χ4v) is 3.60. The Kier molecular flexibility index (Phi) is 5.25. The first-order chi connectivity index (χ1) is 12.4. The van der Waals surface area contributed by atoms with Crippen molar-refractivity contribution in [3.05, 3.63) is 58.4 Å². The second kappa shape index (κ2) is 7.43. The molecule has 0 bridgehead atoms. The first-order valence-corrected chi connectivity index (χ1v) is 8.83. The molecule has 138 valence electrons. The number of aliphatic hydroxyl groups is 1. The minimum absolute atomic E-state index is 0.110. The van der Waals surface area contributed by atoms with Gasteiger partial charge in [-0.05, 0) is 44.6 Å². The van der Waals surface area contributed by atoms with Gasteiger partial charge < -0.3 is 19.9 Å². The zero-order chi connectivity index (χ0) is 18.7. The highest BCUT2D eigenvalue weighted by molar-refractivity contribution is 5.94. The topological polar surface area (TPSA) is 76.6 Å². The van der Waals surface area contributed by atoms with Crippen LogP contribution in [0.15, 0.2) is 47.3 Å². The Balaban J connectivity index is 1.81. The number of carbonyl (C=O) groups excluding carboxylic acids is 1. The van der Waals surface area contributed by atoms with Gasteiger partial charge in [0.2, 0.25) is 0 Å². The van der Waals surface area contributed by atoms with Crippen LogP contribution in [-0.2, 0) is 0 Å². The highest BCUT2D eigenvalue weighted by Crippen LogP contribution is 2.23. The zero-order valence-electron chi connectivity index (χ0n) is 15.2. The molecular weight excluding hydrogens is 330 g/mol. The molecule has 0 aliphatic carbocycles. The van der Waals surface area contributed by atoms with E-state index >= 15 is 0 Å². The molecule has 2 heterocycles. The number of hydrogen-bond acceptors (Lipinski definition) is 4. The first kappa shape index (κ1) is 18.4. The van der Waals surface area contributed by atoms with E-state index in [2.05, 4.69) is 4.98 Å². The fourth-order valence-electron chi connectivity index (χ4n) is 3.60. The Bertz CT molecular complexity index is 832. The van der Waals surface area contributed by atoms with E-state index in [-0.39, 0.29) is 18.0 Å². The predicted molar refractivity (Wildman–Crippen MR) is 101 cm³/mol. The summed E-state index contributed by atoms with van der Waals surface area (Å²) in [5.41, 5.74) is 0.336. The minimum atomic E-state index is -0.936. The SMILES string of the molecule is CN(C)C[C@@]1(O)CCCN(C(=O)c2ccc(-c3ccccc3)[nH]c2=O)C1. The number of nitrogens with one attached hydrogen (secondary N) is 1. The van der Waals surface area contributed by atoms with Crippen LogP contribution in [0.3, 0.4) is 0 Å². The van der Waals surface area contributed by atoms with Gasteiger partial charge >= 0.3 is 0 Å². The van der Waals surface area contributed by atoms with Gasteiger partial charge in [0.25, 0.3) is 11.5 Å². The van der Waals surface area contributed by atoms with E-state index in [0.29, 0.717) is 25.2 Å². The lowest BCUT2D eigenvalue weighted by atomic mass is 9.92. The second-order valence-corrected chi connectivity index (χ2v) is 7.27. The highest BCUT2D eigenvalue weighted by atomic mass is 16.3. The summed E-state index contributed by atoms with van der Waals surface area (Å²) in [7, 11) is 3.79. The Hall–Kier alpha value is -2.44. The summed E-state index contributed by atoms with van der Waals surface area (Å²) >= 11 is 0. The largest absolute Gasteiger partial charge is 0.387 e. The number of likely N-dealkylation sites (N-methyl/N-ethyl adjacent to an activating group) is 1. The van der Waals surface area contributed by atoms with Crippen LogP contribution in [-0.4, -0.2) is 65.1 Å². The summed E-state index contributed by atoms with van der Waals surface area (Å²) in [6.07, 6.45) is 1.37. The maximum absolute atomic E-state index is 12.8. The number of β-amino-alcohol motifs (C(OH)–C–C–N with tert-alkyl or cyclic N) is 1. The number of benzene rings is 1. The van der Waals surface area contributed by atoms with Crippen molar-refractivity contribution in [2.24, 2.45) is 0 Å². The number of likely N-dealkylation sites (tertiary alicyclic amines) is 1. The first-order valence-electron chi connectivity index (χ1n) is 8.83. The monoisotopic (exact) mass is 355 g/mol. The lowest BCUT2D eigenvalue weighted by molar-refractivity contribution is -0.0391. The predicted octanol–water partition coefficient (Wildman–Crippen LogP) is 1.57. The minimum Gasteiger partial charge on any atom is -0.387 e. The number of amides is 1. The summed E-state index contributed by atoms with van der Waals surface area (Å²) in [6, 6.07) is 12.8. The van der Waals surface area contributed by atoms with Crippen molar-refractivity contribution >= 4 is 5.91 Å². The summed E-state index contributed by atoms with van der Waals surface area (Å²) in [5.74, 6) is -0.331. The molecule has 1 amide bonds. The summed E-state index contributed by atoms with van der Waals surface area (Å²) < 4.78 is 0. The number of aromatic nitrogens is 1. The van der Waals surface area contributed by atoms with Crippen molar-refractivity contribution in [1.82, 2.24) is 14.8 Å². The van der Waals surface area contributed by atoms with E-state index in [1.54, 1.807) is 17.0 Å². The average molecular weight is 355 g/mol. The molecule has 1 aromatic carbocycles. The molecule has 0 saturated carbocycles. The van der Waals surface area contributed by atoms with Crippen LogP contribution in [0.1, 0.15) is 23.2 Å². The third kappa shape index (κ3) is 4.03. The molecule has 1 fully saturated rings. The molecule has 0 unspecified atom stereocenters. The van der Waals surface area contributed by atoms with Crippen molar-refractivity contribution in [3.63, 3.8) is 0 Å². The van der Waals surface area contributed by atoms with Crippen molar-refractivity contribution in [1.29, 1.82) is 0 Å². The van der Waals surface area contributed by atoms with Crippen LogP contribution in [0, 0.1) is 0 Å². The van der Waals surface area contributed by atoms with E-state index in [9.17, 15) is 14.7 Å². The lowest BCUT2D eigenvalue weighted by Crippen LogP contribution is -2.55. The molecule has 1 aromatic heterocycles. The number of H-pyrrole nitrogens is 1. The second-order valence-electron chi connectivity index (χ2n) is 7.27. The van der Waals surface area contributed by atoms with Crippen LogP contribution in [0.4, 0.5) is 0 Å². The molecule has 3 rings (SSSR count). The van der Waals surface area contributed by atoms with Gasteiger partial charge in [-0.25, -0.2) is 0 Å². The molecule has 0 spiro atoms. The van der Waals surface area contributed by atoms with Crippen LogP contribution in [0.2, 0.25) is 0 Å².